The zero-order valence-electron chi connectivity index (χ0n) is 11.6. The fourth-order valence-electron chi connectivity index (χ4n) is 2.04. The third-order valence-corrected chi connectivity index (χ3v) is 2.95. The summed E-state index contributed by atoms with van der Waals surface area (Å²) in [5, 5.41) is 2.91. The van der Waals surface area contributed by atoms with Crippen molar-refractivity contribution in [2.45, 2.75) is 33.6 Å². The molecule has 1 amide bonds. The molecule has 0 aliphatic rings. The maximum absolute atomic E-state index is 11.9. The summed E-state index contributed by atoms with van der Waals surface area (Å²) in [6.07, 6.45) is 1.50. The molecule has 0 heterocycles. The molecule has 0 saturated carbocycles. The summed E-state index contributed by atoms with van der Waals surface area (Å²) in [6, 6.07) is 7.83. The molecule has 3 heteroatoms. The molecule has 100 valence electrons. The Morgan fingerprint density at radius 2 is 1.89 bits per heavy atom. The lowest BCUT2D eigenvalue weighted by Gasteiger charge is -2.16. The van der Waals surface area contributed by atoms with Crippen LogP contribution in [-0.2, 0) is 4.79 Å². The number of carbonyl (C=O) groups excluding carboxylic acids is 1. The highest BCUT2D eigenvalue weighted by molar-refractivity contribution is 5.90. The van der Waals surface area contributed by atoms with Crippen LogP contribution in [0.3, 0.4) is 0 Å². The first kappa shape index (κ1) is 14.7. The number of aryl methyl sites for hydroxylation is 1. The van der Waals surface area contributed by atoms with Crippen LogP contribution in [0.15, 0.2) is 24.3 Å². The van der Waals surface area contributed by atoms with Crippen molar-refractivity contribution in [2.75, 3.05) is 11.9 Å². The minimum Gasteiger partial charge on any atom is -0.330 e. The van der Waals surface area contributed by atoms with Crippen molar-refractivity contribution in [1.29, 1.82) is 0 Å². The molecule has 0 aliphatic carbocycles. The van der Waals surface area contributed by atoms with E-state index in [1.54, 1.807) is 0 Å². The van der Waals surface area contributed by atoms with Crippen LogP contribution in [0.4, 0.5) is 5.69 Å². The number of hydrogen-bond acceptors (Lipinski definition) is 2. The average molecular weight is 248 g/mol. The molecule has 1 aromatic carbocycles. The number of rotatable bonds is 6. The molecular weight excluding hydrogens is 224 g/mol. The molecule has 0 aromatic heterocycles. The monoisotopic (exact) mass is 248 g/mol. The Kier molecular flexibility index (Phi) is 5.86. The quantitative estimate of drug-likeness (QED) is 0.813. The van der Waals surface area contributed by atoms with Gasteiger partial charge in [-0.25, -0.2) is 0 Å². The van der Waals surface area contributed by atoms with Crippen molar-refractivity contribution in [3.63, 3.8) is 0 Å². The second kappa shape index (κ2) is 7.17. The van der Waals surface area contributed by atoms with E-state index in [9.17, 15) is 4.79 Å². The molecule has 3 nitrogen and oxygen atoms in total. The topological polar surface area (TPSA) is 55.1 Å². The molecule has 1 aromatic rings. The Bertz CT molecular complexity index is 371. The van der Waals surface area contributed by atoms with Crippen LogP contribution in [0.5, 0.6) is 0 Å². The van der Waals surface area contributed by atoms with Crippen molar-refractivity contribution in [3.05, 3.63) is 29.8 Å². The first-order valence-corrected chi connectivity index (χ1v) is 6.57. The highest BCUT2D eigenvalue weighted by Crippen LogP contribution is 2.16. The minimum absolute atomic E-state index is 0.0509. The molecule has 1 atom stereocenters. The van der Waals surface area contributed by atoms with Crippen LogP contribution in [0, 0.1) is 18.8 Å². The van der Waals surface area contributed by atoms with Crippen LogP contribution < -0.4 is 11.1 Å². The normalized spacial score (nSPS) is 12.5. The van der Waals surface area contributed by atoms with Gasteiger partial charge >= 0.3 is 0 Å². The Morgan fingerprint density at radius 3 is 2.39 bits per heavy atom. The summed E-state index contributed by atoms with van der Waals surface area (Å²) in [7, 11) is 0. The molecule has 0 aliphatic heterocycles. The van der Waals surface area contributed by atoms with E-state index < -0.39 is 0 Å². The van der Waals surface area contributed by atoms with Crippen molar-refractivity contribution in [2.24, 2.45) is 17.6 Å². The van der Waals surface area contributed by atoms with Gasteiger partial charge in [0.1, 0.15) is 0 Å². The Balaban J connectivity index is 2.47. The molecule has 0 fully saturated rings. The number of hydrogen-bond donors (Lipinski definition) is 2. The van der Waals surface area contributed by atoms with Gasteiger partial charge in [-0.1, -0.05) is 31.5 Å². The number of nitrogens with two attached hydrogens (primary N) is 1. The summed E-state index contributed by atoms with van der Waals surface area (Å²) < 4.78 is 0. The average Bonchev–Trinajstić information content (AvgIpc) is 2.30. The van der Waals surface area contributed by atoms with Gasteiger partial charge in [-0.05, 0) is 43.9 Å². The van der Waals surface area contributed by atoms with Crippen LogP contribution in [-0.4, -0.2) is 12.5 Å². The smallest absolute Gasteiger partial charge is 0.224 e. The standard InChI is InChI=1S/C15H24N2O/c1-11(2)8-13(10-16)9-15(18)17-14-6-4-12(3)5-7-14/h4-7,11,13H,8-10,16H2,1-3H3,(H,17,18)/t13-/m0/s1. The summed E-state index contributed by atoms with van der Waals surface area (Å²) in [4.78, 5) is 11.9. The van der Waals surface area contributed by atoms with E-state index in [0.717, 1.165) is 12.1 Å². The van der Waals surface area contributed by atoms with Gasteiger partial charge in [0, 0.05) is 12.1 Å². The highest BCUT2D eigenvalue weighted by atomic mass is 16.1. The van der Waals surface area contributed by atoms with Crippen molar-refractivity contribution in [3.8, 4) is 0 Å². The molecule has 0 radical (unpaired) electrons. The second-order valence-corrected chi connectivity index (χ2v) is 5.35. The van der Waals surface area contributed by atoms with Crippen molar-refractivity contribution < 1.29 is 4.79 Å². The van der Waals surface area contributed by atoms with E-state index >= 15 is 0 Å². The zero-order valence-corrected chi connectivity index (χ0v) is 11.6. The van der Waals surface area contributed by atoms with Crippen molar-refractivity contribution >= 4 is 11.6 Å². The van der Waals surface area contributed by atoms with Crippen molar-refractivity contribution in [1.82, 2.24) is 0 Å². The fraction of sp³-hybridized carbons (Fsp3) is 0.533. The molecule has 0 spiro atoms. The maximum atomic E-state index is 11.9. The van der Waals surface area contributed by atoms with Gasteiger partial charge in [0.05, 0.1) is 0 Å². The van der Waals surface area contributed by atoms with Gasteiger partial charge in [-0.3, -0.25) is 4.79 Å². The third kappa shape index (κ3) is 5.32. The van der Waals surface area contributed by atoms with Gasteiger partial charge in [0.15, 0.2) is 0 Å². The number of nitrogens with one attached hydrogen (secondary N) is 1. The minimum atomic E-state index is 0.0509. The number of carbonyl (C=O) groups is 1. The summed E-state index contributed by atoms with van der Waals surface area (Å²) in [5.41, 5.74) is 7.74. The van der Waals surface area contributed by atoms with Crippen LogP contribution in [0.1, 0.15) is 32.3 Å². The highest BCUT2D eigenvalue weighted by Gasteiger charge is 2.14. The largest absolute Gasteiger partial charge is 0.330 e. The van der Waals surface area contributed by atoms with Crippen LogP contribution in [0.25, 0.3) is 0 Å². The van der Waals surface area contributed by atoms with E-state index in [1.807, 2.05) is 31.2 Å². The Hall–Kier alpha value is -1.35. The van der Waals surface area contributed by atoms with Gasteiger partial charge in [-0.2, -0.15) is 0 Å². The number of amides is 1. The fourth-order valence-corrected chi connectivity index (χ4v) is 2.04. The molecule has 0 bridgehead atoms. The predicted molar refractivity (Wildman–Crippen MR) is 76.4 cm³/mol. The van der Waals surface area contributed by atoms with Gasteiger partial charge in [0.2, 0.25) is 5.91 Å². The first-order valence-electron chi connectivity index (χ1n) is 6.57. The number of benzene rings is 1. The Morgan fingerprint density at radius 1 is 1.28 bits per heavy atom. The van der Waals surface area contributed by atoms with Crippen LogP contribution >= 0.6 is 0 Å². The zero-order chi connectivity index (χ0) is 13.5. The second-order valence-electron chi connectivity index (χ2n) is 5.35. The number of anilines is 1. The van der Waals surface area contributed by atoms with Gasteiger partial charge in [-0.15, -0.1) is 0 Å². The van der Waals surface area contributed by atoms with E-state index in [0.29, 0.717) is 18.9 Å². The lowest BCUT2D eigenvalue weighted by Crippen LogP contribution is -2.23. The van der Waals surface area contributed by atoms with E-state index in [2.05, 4.69) is 19.2 Å². The molecule has 0 unspecified atom stereocenters. The van der Waals surface area contributed by atoms with Gasteiger partial charge < -0.3 is 11.1 Å². The van der Waals surface area contributed by atoms with Gasteiger partial charge in [0.25, 0.3) is 0 Å². The van der Waals surface area contributed by atoms with Crippen LogP contribution in [0.2, 0.25) is 0 Å². The molecule has 0 saturated heterocycles. The summed E-state index contributed by atoms with van der Waals surface area (Å²) in [6.45, 7) is 6.90. The lowest BCUT2D eigenvalue weighted by molar-refractivity contribution is -0.117. The summed E-state index contributed by atoms with van der Waals surface area (Å²) >= 11 is 0. The first-order chi connectivity index (χ1) is 8.51. The molecule has 3 N–H and O–H groups in total. The molecular formula is C15H24N2O. The van der Waals surface area contributed by atoms with E-state index in [1.165, 1.54) is 5.56 Å². The van der Waals surface area contributed by atoms with E-state index in [4.69, 9.17) is 5.73 Å². The third-order valence-electron chi connectivity index (χ3n) is 2.95. The summed E-state index contributed by atoms with van der Waals surface area (Å²) in [5.74, 6) is 0.899. The Labute approximate surface area is 110 Å². The predicted octanol–water partition coefficient (Wildman–Crippen LogP) is 2.94. The molecule has 18 heavy (non-hydrogen) atoms. The lowest BCUT2D eigenvalue weighted by atomic mass is 9.94. The maximum Gasteiger partial charge on any atom is 0.224 e. The van der Waals surface area contributed by atoms with E-state index in [-0.39, 0.29) is 11.8 Å². The SMILES string of the molecule is Cc1ccc(NC(=O)C[C@@H](CN)CC(C)C)cc1. The molecule has 1 rings (SSSR count).